The van der Waals surface area contributed by atoms with Crippen molar-refractivity contribution in [2.75, 3.05) is 0 Å². The molecule has 2 N–H and O–H groups in total. The zero-order chi connectivity index (χ0) is 13.0. The van der Waals surface area contributed by atoms with E-state index in [-0.39, 0.29) is 6.04 Å². The van der Waals surface area contributed by atoms with E-state index in [2.05, 4.69) is 11.9 Å². The molecule has 1 aliphatic rings. The number of rotatable bonds is 3. The van der Waals surface area contributed by atoms with Gasteiger partial charge in [-0.3, -0.25) is 4.99 Å². The molecule has 1 atom stereocenters. The Kier molecular flexibility index (Phi) is 4.65. The van der Waals surface area contributed by atoms with Crippen LogP contribution in [0, 0.1) is 5.92 Å². The van der Waals surface area contributed by atoms with Gasteiger partial charge in [-0.05, 0) is 37.5 Å². The molecular weight excluding hydrogens is 244 g/mol. The third-order valence-electron chi connectivity index (χ3n) is 3.70. The molecule has 0 aromatic heterocycles. The van der Waals surface area contributed by atoms with E-state index in [1.807, 2.05) is 24.3 Å². The Morgan fingerprint density at radius 1 is 1.33 bits per heavy atom. The van der Waals surface area contributed by atoms with Gasteiger partial charge in [-0.2, -0.15) is 0 Å². The average Bonchev–Trinajstić information content (AvgIpc) is 2.39. The van der Waals surface area contributed by atoms with E-state index in [4.69, 9.17) is 17.3 Å². The van der Waals surface area contributed by atoms with Crippen LogP contribution < -0.4 is 5.73 Å². The average molecular weight is 265 g/mol. The molecule has 1 aliphatic carbocycles. The van der Waals surface area contributed by atoms with Crippen LogP contribution >= 0.6 is 11.6 Å². The lowest BCUT2D eigenvalue weighted by molar-refractivity contribution is 0.435. The van der Waals surface area contributed by atoms with Crippen molar-refractivity contribution in [2.45, 2.75) is 45.1 Å². The molecule has 0 spiro atoms. The van der Waals surface area contributed by atoms with E-state index < -0.39 is 0 Å². The van der Waals surface area contributed by atoms with Crippen molar-refractivity contribution in [1.29, 1.82) is 0 Å². The lowest BCUT2D eigenvalue weighted by Gasteiger charge is -2.22. The summed E-state index contributed by atoms with van der Waals surface area (Å²) >= 11 is 5.99. The number of hydrogen-bond acceptors (Lipinski definition) is 1. The zero-order valence-electron chi connectivity index (χ0n) is 10.9. The van der Waals surface area contributed by atoms with Crippen molar-refractivity contribution in [2.24, 2.45) is 16.6 Å². The van der Waals surface area contributed by atoms with Crippen molar-refractivity contribution < 1.29 is 0 Å². The van der Waals surface area contributed by atoms with Gasteiger partial charge >= 0.3 is 0 Å². The molecule has 0 amide bonds. The first-order chi connectivity index (χ1) is 8.66. The molecule has 2 rings (SSSR count). The van der Waals surface area contributed by atoms with E-state index in [1.54, 1.807) is 0 Å². The fourth-order valence-corrected chi connectivity index (χ4v) is 2.77. The summed E-state index contributed by atoms with van der Waals surface area (Å²) in [7, 11) is 0. The predicted molar refractivity (Wildman–Crippen MR) is 78.1 cm³/mol. The third kappa shape index (κ3) is 3.49. The maximum atomic E-state index is 6.14. The number of aliphatic imine (C=N–C) groups is 1. The summed E-state index contributed by atoms with van der Waals surface area (Å²) in [6.07, 6.45) is 6.29. The van der Waals surface area contributed by atoms with Crippen LogP contribution in [0.2, 0.25) is 5.02 Å². The molecule has 1 fully saturated rings. The first-order valence-corrected chi connectivity index (χ1v) is 7.13. The number of nitrogens with two attached hydrogens (primary N) is 1. The second-order valence-corrected chi connectivity index (χ2v) is 5.56. The Morgan fingerprint density at radius 2 is 2.06 bits per heavy atom. The maximum Gasteiger partial charge on any atom is 0.0975 e. The van der Waals surface area contributed by atoms with E-state index in [0.29, 0.717) is 5.92 Å². The highest BCUT2D eigenvalue weighted by Crippen LogP contribution is 2.26. The van der Waals surface area contributed by atoms with Crippen molar-refractivity contribution in [1.82, 2.24) is 0 Å². The molecule has 1 saturated carbocycles. The first-order valence-electron chi connectivity index (χ1n) is 6.75. The molecule has 98 valence electrons. The van der Waals surface area contributed by atoms with Gasteiger partial charge in [-0.15, -0.1) is 0 Å². The summed E-state index contributed by atoms with van der Waals surface area (Å²) in [4.78, 5) is 4.65. The number of halogens is 1. The summed E-state index contributed by atoms with van der Waals surface area (Å²) in [5.74, 6) is 1.31. The second kappa shape index (κ2) is 6.24. The van der Waals surface area contributed by atoms with Gasteiger partial charge < -0.3 is 5.73 Å². The van der Waals surface area contributed by atoms with Crippen LogP contribution in [0.3, 0.4) is 0 Å². The standard InChI is InChI=1S/C15H21ClN2/c1-11(13-8-5-9-14(16)10-13)18-15(17)12-6-3-2-4-7-12/h5,8-12H,2-4,6-7H2,1H3,(H2,17,18). The van der Waals surface area contributed by atoms with Gasteiger partial charge in [0.15, 0.2) is 0 Å². The maximum absolute atomic E-state index is 6.14. The molecule has 0 aliphatic heterocycles. The second-order valence-electron chi connectivity index (χ2n) is 5.12. The highest BCUT2D eigenvalue weighted by molar-refractivity contribution is 6.30. The van der Waals surface area contributed by atoms with Gasteiger partial charge in [0.1, 0.15) is 0 Å². The van der Waals surface area contributed by atoms with Gasteiger partial charge in [0.05, 0.1) is 11.9 Å². The molecule has 1 aromatic carbocycles. The minimum atomic E-state index is 0.0885. The highest BCUT2D eigenvalue weighted by Gasteiger charge is 2.17. The third-order valence-corrected chi connectivity index (χ3v) is 3.93. The van der Waals surface area contributed by atoms with Crippen LogP contribution in [0.25, 0.3) is 0 Å². The Labute approximate surface area is 114 Å². The lowest BCUT2D eigenvalue weighted by Crippen LogP contribution is -2.26. The quantitative estimate of drug-likeness (QED) is 0.640. The van der Waals surface area contributed by atoms with Crippen LogP contribution in [-0.2, 0) is 0 Å². The molecule has 2 nitrogen and oxygen atoms in total. The number of hydrogen-bond donors (Lipinski definition) is 1. The molecule has 1 unspecified atom stereocenters. The molecule has 18 heavy (non-hydrogen) atoms. The summed E-state index contributed by atoms with van der Waals surface area (Å²) in [6.45, 7) is 2.07. The largest absolute Gasteiger partial charge is 0.387 e. The van der Waals surface area contributed by atoms with Crippen molar-refractivity contribution >= 4 is 17.4 Å². The fourth-order valence-electron chi connectivity index (χ4n) is 2.57. The van der Waals surface area contributed by atoms with E-state index in [1.165, 1.54) is 32.1 Å². The molecule has 3 heteroatoms. The zero-order valence-corrected chi connectivity index (χ0v) is 11.7. The molecule has 0 bridgehead atoms. The van der Waals surface area contributed by atoms with Crippen molar-refractivity contribution in [3.05, 3.63) is 34.9 Å². The summed E-state index contributed by atoms with van der Waals surface area (Å²) < 4.78 is 0. The summed E-state index contributed by atoms with van der Waals surface area (Å²) in [6, 6.07) is 7.94. The van der Waals surface area contributed by atoms with Gasteiger partial charge in [0.2, 0.25) is 0 Å². The summed E-state index contributed by atoms with van der Waals surface area (Å²) in [5, 5.41) is 0.755. The molecule has 1 aromatic rings. The number of benzene rings is 1. The molecular formula is C15H21ClN2. The van der Waals surface area contributed by atoms with E-state index >= 15 is 0 Å². The van der Waals surface area contributed by atoms with Gasteiger partial charge in [-0.25, -0.2) is 0 Å². The lowest BCUT2D eigenvalue weighted by atomic mass is 9.88. The van der Waals surface area contributed by atoms with Crippen LogP contribution in [0.1, 0.15) is 50.6 Å². The van der Waals surface area contributed by atoms with E-state index in [0.717, 1.165) is 16.4 Å². The number of nitrogens with zero attached hydrogens (tertiary/aromatic N) is 1. The van der Waals surface area contributed by atoms with Gasteiger partial charge in [0, 0.05) is 10.9 Å². The van der Waals surface area contributed by atoms with Crippen molar-refractivity contribution in [3.8, 4) is 0 Å². The predicted octanol–water partition coefficient (Wildman–Crippen LogP) is 4.34. The number of amidine groups is 1. The normalized spacial score (nSPS) is 19.8. The van der Waals surface area contributed by atoms with Gasteiger partial charge in [0.25, 0.3) is 0 Å². The topological polar surface area (TPSA) is 38.4 Å². The van der Waals surface area contributed by atoms with Gasteiger partial charge in [-0.1, -0.05) is 43.0 Å². The van der Waals surface area contributed by atoms with Crippen LogP contribution in [0.15, 0.2) is 29.3 Å². The summed E-state index contributed by atoms with van der Waals surface area (Å²) in [5.41, 5.74) is 7.27. The molecule has 0 radical (unpaired) electrons. The molecule has 0 saturated heterocycles. The first kappa shape index (κ1) is 13.4. The fraction of sp³-hybridized carbons (Fsp3) is 0.533. The Balaban J connectivity index is 2.06. The molecule has 0 heterocycles. The highest BCUT2D eigenvalue weighted by atomic mass is 35.5. The van der Waals surface area contributed by atoms with Crippen LogP contribution in [-0.4, -0.2) is 5.84 Å². The monoisotopic (exact) mass is 264 g/mol. The van der Waals surface area contributed by atoms with Crippen LogP contribution in [0.5, 0.6) is 0 Å². The Morgan fingerprint density at radius 3 is 2.72 bits per heavy atom. The Hall–Kier alpha value is -1.02. The van der Waals surface area contributed by atoms with E-state index in [9.17, 15) is 0 Å². The SMILES string of the molecule is CC(N=C(N)C1CCCCC1)c1cccc(Cl)c1. The van der Waals surface area contributed by atoms with Crippen LogP contribution in [0.4, 0.5) is 0 Å². The smallest absolute Gasteiger partial charge is 0.0975 e. The minimum absolute atomic E-state index is 0.0885. The van der Waals surface area contributed by atoms with Crippen molar-refractivity contribution in [3.63, 3.8) is 0 Å². The Bertz CT molecular complexity index is 422. The minimum Gasteiger partial charge on any atom is -0.387 e.